The summed E-state index contributed by atoms with van der Waals surface area (Å²) in [7, 11) is 0. The van der Waals surface area contributed by atoms with Crippen LogP contribution in [-0.2, 0) is 14.3 Å². The second-order valence-electron chi connectivity index (χ2n) is 6.48. The van der Waals surface area contributed by atoms with Gasteiger partial charge in [0, 0.05) is 24.3 Å². The number of carbonyl (C=O) groups is 3. The second kappa shape index (κ2) is 11.0. The monoisotopic (exact) mass is 450 g/mol. The van der Waals surface area contributed by atoms with Gasteiger partial charge in [-0.05, 0) is 20.8 Å². The number of rotatable bonds is 1. The van der Waals surface area contributed by atoms with E-state index in [9.17, 15) is 14.4 Å². The predicted molar refractivity (Wildman–Crippen MR) is 113 cm³/mol. The Morgan fingerprint density at radius 1 is 0.931 bits per heavy atom. The highest BCUT2D eigenvalue weighted by Crippen LogP contribution is 2.30. The Balaban J connectivity index is 0. The molecule has 9 N–H and O–H groups in total. The van der Waals surface area contributed by atoms with E-state index in [1.165, 1.54) is 12.1 Å². The predicted octanol–water partition coefficient (Wildman–Crippen LogP) is 1.50. The Bertz CT molecular complexity index is 797. The second-order valence-corrected chi connectivity index (χ2v) is 6.48. The lowest BCUT2D eigenvalue weighted by molar-refractivity contribution is -0.115. The van der Waals surface area contributed by atoms with E-state index in [2.05, 4.69) is 5.32 Å². The van der Waals surface area contributed by atoms with E-state index >= 15 is 0 Å². The van der Waals surface area contributed by atoms with Gasteiger partial charge in [0.05, 0.1) is 22.8 Å². The van der Waals surface area contributed by atoms with E-state index < -0.39 is 23.3 Å². The number of allylic oxidation sites excluding steroid dienone is 2. The lowest BCUT2D eigenvalue weighted by atomic mass is 10.1. The Hall–Kier alpha value is -3.11. The Morgan fingerprint density at radius 2 is 1.38 bits per heavy atom. The summed E-state index contributed by atoms with van der Waals surface area (Å²) < 4.78 is 4.94. The summed E-state index contributed by atoms with van der Waals surface area (Å²) in [6, 6.07) is 2.40. The summed E-state index contributed by atoms with van der Waals surface area (Å²) in [6.45, 7) is 5.06. The maximum atomic E-state index is 11.4. The minimum absolute atomic E-state index is 0. The molecule has 10 nitrogen and oxygen atoms in total. The fraction of sp³-hybridized carbons (Fsp3) is 0.235. The minimum atomic E-state index is -0.793. The molecule has 1 aliphatic carbocycles. The fourth-order valence-electron chi connectivity index (χ4n) is 1.70. The third-order valence-electron chi connectivity index (χ3n) is 2.92. The van der Waals surface area contributed by atoms with Gasteiger partial charge in [0.1, 0.15) is 17.1 Å². The van der Waals surface area contributed by atoms with Crippen LogP contribution in [0.3, 0.4) is 0 Å². The van der Waals surface area contributed by atoms with Gasteiger partial charge in [0.25, 0.3) is 0 Å². The zero-order valence-corrected chi connectivity index (χ0v) is 17.5. The number of alkyl carbamates (subject to hydrolysis) is 1. The molecular weight excluding hydrogens is 427 g/mol. The smallest absolute Gasteiger partial charge is 0.412 e. The van der Waals surface area contributed by atoms with Crippen LogP contribution < -0.4 is 22.5 Å². The number of hydrogen-bond acceptors (Lipinski definition) is 9. The molecule has 0 spiro atoms. The van der Waals surface area contributed by atoms with Crippen LogP contribution in [0.1, 0.15) is 20.8 Å². The number of phenolic OH excluding ortho intramolecular Hbond substituents is 2. The highest BCUT2D eigenvalue weighted by atomic mass is 35.5. The van der Waals surface area contributed by atoms with Crippen molar-refractivity contribution in [1.82, 2.24) is 5.32 Å². The van der Waals surface area contributed by atoms with Crippen LogP contribution in [0.15, 0.2) is 35.7 Å². The maximum Gasteiger partial charge on any atom is 0.412 e. The molecule has 0 saturated carbocycles. The van der Waals surface area contributed by atoms with Crippen LogP contribution in [0.25, 0.3) is 0 Å². The lowest BCUT2D eigenvalue weighted by Gasteiger charge is -2.20. The Kier molecular flexibility index (Phi) is 10.7. The van der Waals surface area contributed by atoms with E-state index in [0.29, 0.717) is 0 Å². The van der Waals surface area contributed by atoms with Crippen molar-refractivity contribution in [2.24, 2.45) is 5.73 Å². The molecule has 1 aromatic carbocycles. The first-order chi connectivity index (χ1) is 12.3. The number of nitrogens with two attached hydrogens (primary N) is 3. The minimum Gasteiger partial charge on any atom is -0.506 e. The number of ketones is 2. The molecular formula is C17H24Cl2N4O6. The third-order valence-corrected chi connectivity index (χ3v) is 2.92. The van der Waals surface area contributed by atoms with Gasteiger partial charge in [-0.15, -0.1) is 24.8 Å². The van der Waals surface area contributed by atoms with E-state index in [-0.39, 0.29) is 59.1 Å². The van der Waals surface area contributed by atoms with Crippen LogP contribution in [0.2, 0.25) is 0 Å². The summed E-state index contributed by atoms with van der Waals surface area (Å²) in [5.41, 5.74) is 15.0. The number of nitrogens with one attached hydrogen (secondary N) is 1. The molecule has 1 amide bonds. The molecule has 0 fully saturated rings. The van der Waals surface area contributed by atoms with E-state index in [1.54, 1.807) is 20.8 Å². The molecule has 0 saturated heterocycles. The van der Waals surface area contributed by atoms with Gasteiger partial charge in [-0.1, -0.05) is 0 Å². The molecule has 29 heavy (non-hydrogen) atoms. The highest BCUT2D eigenvalue weighted by Gasteiger charge is 2.22. The molecule has 162 valence electrons. The Morgan fingerprint density at radius 3 is 1.79 bits per heavy atom. The number of phenols is 2. The fourth-order valence-corrected chi connectivity index (χ4v) is 1.70. The van der Waals surface area contributed by atoms with Crippen LogP contribution in [0.5, 0.6) is 11.5 Å². The molecule has 0 heterocycles. The molecule has 0 radical (unpaired) electrons. The van der Waals surface area contributed by atoms with Crippen molar-refractivity contribution >= 4 is 53.8 Å². The molecule has 0 unspecified atom stereocenters. The summed E-state index contributed by atoms with van der Waals surface area (Å²) >= 11 is 0. The lowest BCUT2D eigenvalue weighted by Crippen LogP contribution is -2.35. The number of halogens is 2. The molecule has 2 rings (SSSR count). The van der Waals surface area contributed by atoms with Gasteiger partial charge in [0.15, 0.2) is 0 Å². The summed E-state index contributed by atoms with van der Waals surface area (Å²) in [6.07, 6.45) is 1.15. The van der Waals surface area contributed by atoms with E-state index in [1.807, 2.05) is 0 Å². The van der Waals surface area contributed by atoms with Crippen molar-refractivity contribution in [1.29, 1.82) is 0 Å². The quantitative estimate of drug-likeness (QED) is 0.159. The van der Waals surface area contributed by atoms with Crippen LogP contribution in [-0.4, -0.2) is 33.5 Å². The number of hydrogen-bond donors (Lipinski definition) is 6. The zero-order valence-electron chi connectivity index (χ0n) is 15.9. The number of nitrogen functional groups attached to an aromatic ring is 2. The number of aromatic hydroxyl groups is 2. The zero-order chi connectivity index (χ0) is 20.9. The van der Waals surface area contributed by atoms with E-state index in [4.69, 9.17) is 32.2 Å². The normalized spacial score (nSPS) is 12.8. The third kappa shape index (κ3) is 9.08. The van der Waals surface area contributed by atoms with Gasteiger partial charge < -0.3 is 32.2 Å². The van der Waals surface area contributed by atoms with Crippen molar-refractivity contribution in [2.45, 2.75) is 26.4 Å². The molecule has 0 aromatic heterocycles. The van der Waals surface area contributed by atoms with Crippen molar-refractivity contribution in [3.05, 3.63) is 35.7 Å². The largest absolute Gasteiger partial charge is 0.506 e. The van der Waals surface area contributed by atoms with Crippen LogP contribution in [0, 0.1) is 0 Å². The number of benzene rings is 1. The van der Waals surface area contributed by atoms with Crippen molar-refractivity contribution < 1.29 is 29.3 Å². The average molecular weight is 451 g/mol. The SMILES string of the molecule is CC(C)(C)OC(=O)NC1=CC(=O)C(N)=CC1=O.Cl.Cl.Nc1cc(O)c(N)cc1O. The van der Waals surface area contributed by atoms with Gasteiger partial charge in [-0.2, -0.15) is 0 Å². The molecule has 1 aromatic rings. The van der Waals surface area contributed by atoms with Gasteiger partial charge in [0.2, 0.25) is 11.6 Å². The molecule has 12 heteroatoms. The number of amides is 1. The molecule has 0 atom stereocenters. The van der Waals surface area contributed by atoms with Crippen LogP contribution in [0.4, 0.5) is 16.2 Å². The van der Waals surface area contributed by atoms with E-state index in [0.717, 1.165) is 12.2 Å². The highest BCUT2D eigenvalue weighted by molar-refractivity contribution is 6.20. The number of anilines is 2. The molecule has 0 bridgehead atoms. The van der Waals surface area contributed by atoms with Crippen LogP contribution >= 0.6 is 24.8 Å². The summed E-state index contributed by atoms with van der Waals surface area (Å²) in [5, 5.41) is 20.0. The average Bonchev–Trinajstić information content (AvgIpc) is 2.49. The van der Waals surface area contributed by atoms with Crippen molar-refractivity contribution in [2.75, 3.05) is 11.5 Å². The van der Waals surface area contributed by atoms with Gasteiger partial charge in [-0.3, -0.25) is 14.9 Å². The Labute approximate surface area is 179 Å². The first-order valence-electron chi connectivity index (χ1n) is 7.64. The number of carbonyl (C=O) groups excluding carboxylic acids is 3. The summed E-state index contributed by atoms with van der Waals surface area (Å²) in [5.74, 6) is -1.28. The first-order valence-corrected chi connectivity index (χ1v) is 7.64. The molecule has 1 aliphatic rings. The maximum absolute atomic E-state index is 11.4. The van der Waals surface area contributed by atoms with Gasteiger partial charge in [-0.25, -0.2) is 4.79 Å². The van der Waals surface area contributed by atoms with Gasteiger partial charge >= 0.3 is 6.09 Å². The molecule has 0 aliphatic heterocycles. The van der Waals surface area contributed by atoms with Crippen molar-refractivity contribution in [3.63, 3.8) is 0 Å². The summed E-state index contributed by atoms with van der Waals surface area (Å²) in [4.78, 5) is 34.0. The first kappa shape index (κ1) is 28.1. The standard InChI is InChI=1S/C11H14N2O4.C6H8N2O2.2ClH/c1-11(2,3)17-10(16)13-7-5-8(14)6(12)4-9(7)15;7-3-1-5(9)4(8)2-6(3)10;;/h4-5H,12H2,1-3H3,(H,13,16);1-2,9-10H,7-8H2;2*1H. The topological polar surface area (TPSA) is 191 Å². The van der Waals surface area contributed by atoms with Crippen molar-refractivity contribution in [3.8, 4) is 11.5 Å². The number of ether oxygens (including phenoxy) is 1.